The molecule has 2 rings (SSSR count). The molecule has 1 aromatic rings. The number of likely N-dealkylation sites (N-methyl/N-ethyl adjacent to an activating group) is 1. The molecule has 0 atom stereocenters. The predicted octanol–water partition coefficient (Wildman–Crippen LogP) is 2.94. The van der Waals surface area contributed by atoms with E-state index in [1.807, 2.05) is 24.9 Å². The zero-order chi connectivity index (χ0) is 15.2. The topological polar surface area (TPSA) is 35.6 Å². The van der Waals surface area contributed by atoms with Gasteiger partial charge in [0.2, 0.25) is 0 Å². The number of hydrogen-bond acceptors (Lipinski definition) is 3. The third-order valence-corrected chi connectivity index (χ3v) is 4.27. The summed E-state index contributed by atoms with van der Waals surface area (Å²) in [6.45, 7) is 6.77. The summed E-state index contributed by atoms with van der Waals surface area (Å²) in [6, 6.07) is 5.39. The summed E-state index contributed by atoms with van der Waals surface area (Å²) in [7, 11) is 1.82. The number of anilines is 1. The molecule has 0 spiro atoms. The van der Waals surface area contributed by atoms with Crippen LogP contribution in [0.5, 0.6) is 0 Å². The molecule has 116 valence electrons. The van der Waals surface area contributed by atoms with E-state index in [0.29, 0.717) is 17.1 Å². The normalized spacial score (nSPS) is 15.2. The minimum atomic E-state index is 0.0450. The van der Waals surface area contributed by atoms with Crippen molar-refractivity contribution < 1.29 is 4.79 Å². The molecule has 0 aliphatic carbocycles. The first-order valence-electron chi connectivity index (χ1n) is 7.64. The molecule has 1 fully saturated rings. The number of carbonyl (C=O) groups excluding carboxylic acids is 1. The van der Waals surface area contributed by atoms with Gasteiger partial charge in [0.05, 0.1) is 5.56 Å². The van der Waals surface area contributed by atoms with Crippen molar-refractivity contribution in [1.82, 2.24) is 9.80 Å². The zero-order valence-electron chi connectivity index (χ0n) is 12.9. The van der Waals surface area contributed by atoms with Crippen LogP contribution in [0.2, 0.25) is 5.02 Å². The largest absolute Gasteiger partial charge is 0.387 e. The Balaban J connectivity index is 2.06. The van der Waals surface area contributed by atoms with Crippen LogP contribution in [-0.2, 0) is 0 Å². The molecule has 0 unspecified atom stereocenters. The van der Waals surface area contributed by atoms with E-state index in [9.17, 15) is 4.79 Å². The SMILES string of the molecule is CCN(CCN1CCCC1)C(=O)c1cc(Cl)ccc1NC. The Bertz CT molecular complexity index is 486. The monoisotopic (exact) mass is 309 g/mol. The van der Waals surface area contributed by atoms with Crippen molar-refractivity contribution in [3.05, 3.63) is 28.8 Å². The van der Waals surface area contributed by atoms with Crippen molar-refractivity contribution in [2.75, 3.05) is 45.1 Å². The van der Waals surface area contributed by atoms with E-state index in [1.54, 1.807) is 12.1 Å². The zero-order valence-corrected chi connectivity index (χ0v) is 13.6. The summed E-state index contributed by atoms with van der Waals surface area (Å²) < 4.78 is 0. The molecule has 0 bridgehead atoms. The van der Waals surface area contributed by atoms with E-state index in [-0.39, 0.29) is 5.91 Å². The number of carbonyl (C=O) groups is 1. The molecule has 1 saturated heterocycles. The Kier molecular flexibility index (Phi) is 5.88. The first kappa shape index (κ1) is 16.1. The average molecular weight is 310 g/mol. The minimum Gasteiger partial charge on any atom is -0.387 e. The highest BCUT2D eigenvalue weighted by molar-refractivity contribution is 6.31. The summed E-state index contributed by atoms with van der Waals surface area (Å²) in [6.07, 6.45) is 2.55. The maximum Gasteiger partial charge on any atom is 0.256 e. The van der Waals surface area contributed by atoms with Crippen molar-refractivity contribution in [2.24, 2.45) is 0 Å². The van der Waals surface area contributed by atoms with Gasteiger partial charge in [-0.1, -0.05) is 11.6 Å². The molecule has 5 heteroatoms. The van der Waals surface area contributed by atoms with Crippen molar-refractivity contribution in [3.63, 3.8) is 0 Å². The molecule has 0 aromatic heterocycles. The summed E-state index contributed by atoms with van der Waals surface area (Å²) in [5, 5.41) is 3.65. The van der Waals surface area contributed by atoms with Gasteiger partial charge in [0, 0.05) is 37.4 Å². The fraction of sp³-hybridized carbons (Fsp3) is 0.562. The van der Waals surface area contributed by atoms with E-state index in [2.05, 4.69) is 10.2 Å². The number of rotatable bonds is 6. The summed E-state index contributed by atoms with van der Waals surface area (Å²) in [4.78, 5) is 17.0. The average Bonchev–Trinajstić information content (AvgIpc) is 3.01. The number of nitrogens with zero attached hydrogens (tertiary/aromatic N) is 2. The minimum absolute atomic E-state index is 0.0450. The van der Waals surface area contributed by atoms with Crippen molar-refractivity contribution in [3.8, 4) is 0 Å². The quantitative estimate of drug-likeness (QED) is 0.877. The van der Waals surface area contributed by atoms with Crippen LogP contribution >= 0.6 is 11.6 Å². The van der Waals surface area contributed by atoms with Gasteiger partial charge in [0.1, 0.15) is 0 Å². The molecule has 1 aliphatic rings. The van der Waals surface area contributed by atoms with Gasteiger partial charge in [-0.05, 0) is 51.1 Å². The molecular weight excluding hydrogens is 286 g/mol. The molecule has 1 aromatic carbocycles. The summed E-state index contributed by atoms with van der Waals surface area (Å²) in [5.74, 6) is 0.0450. The first-order valence-corrected chi connectivity index (χ1v) is 8.02. The van der Waals surface area contributed by atoms with Gasteiger partial charge in [-0.2, -0.15) is 0 Å². The number of amides is 1. The molecule has 4 nitrogen and oxygen atoms in total. The van der Waals surface area contributed by atoms with Crippen molar-refractivity contribution in [1.29, 1.82) is 0 Å². The second-order valence-corrected chi connectivity index (χ2v) is 5.81. The molecule has 0 radical (unpaired) electrons. The lowest BCUT2D eigenvalue weighted by Gasteiger charge is -2.25. The van der Waals surface area contributed by atoms with Crippen molar-refractivity contribution >= 4 is 23.2 Å². The summed E-state index contributed by atoms with van der Waals surface area (Å²) >= 11 is 6.04. The lowest BCUT2D eigenvalue weighted by molar-refractivity contribution is 0.0750. The second-order valence-electron chi connectivity index (χ2n) is 5.37. The van der Waals surface area contributed by atoms with Gasteiger partial charge in [0.15, 0.2) is 0 Å². The van der Waals surface area contributed by atoms with E-state index in [1.165, 1.54) is 12.8 Å². The van der Waals surface area contributed by atoms with Crippen LogP contribution in [0.15, 0.2) is 18.2 Å². The fourth-order valence-electron chi connectivity index (χ4n) is 2.75. The molecule has 21 heavy (non-hydrogen) atoms. The van der Waals surface area contributed by atoms with Crippen LogP contribution in [0.4, 0.5) is 5.69 Å². The maximum atomic E-state index is 12.7. The maximum absolute atomic E-state index is 12.7. The molecule has 0 saturated carbocycles. The molecule has 1 amide bonds. The number of likely N-dealkylation sites (tertiary alicyclic amines) is 1. The van der Waals surface area contributed by atoms with Crippen LogP contribution in [0.1, 0.15) is 30.1 Å². The highest BCUT2D eigenvalue weighted by atomic mass is 35.5. The Morgan fingerprint density at radius 3 is 2.71 bits per heavy atom. The third-order valence-electron chi connectivity index (χ3n) is 4.04. The predicted molar refractivity (Wildman–Crippen MR) is 88.3 cm³/mol. The van der Waals surface area contributed by atoms with Crippen LogP contribution in [0.3, 0.4) is 0 Å². The van der Waals surface area contributed by atoms with E-state index >= 15 is 0 Å². The van der Waals surface area contributed by atoms with Crippen LogP contribution in [-0.4, -0.2) is 55.5 Å². The smallest absolute Gasteiger partial charge is 0.256 e. The lowest BCUT2D eigenvalue weighted by atomic mass is 10.1. The van der Waals surface area contributed by atoms with E-state index in [0.717, 1.165) is 31.9 Å². The van der Waals surface area contributed by atoms with Gasteiger partial charge >= 0.3 is 0 Å². The second kappa shape index (κ2) is 7.66. The Labute approximate surface area is 132 Å². The lowest BCUT2D eigenvalue weighted by Crippen LogP contribution is -2.38. The molecular formula is C16H24ClN3O. The Morgan fingerprint density at radius 1 is 1.38 bits per heavy atom. The van der Waals surface area contributed by atoms with Gasteiger partial charge in [-0.3, -0.25) is 4.79 Å². The van der Waals surface area contributed by atoms with Gasteiger partial charge in [0.25, 0.3) is 5.91 Å². The highest BCUT2D eigenvalue weighted by Crippen LogP contribution is 2.22. The summed E-state index contributed by atoms with van der Waals surface area (Å²) in [5.41, 5.74) is 1.47. The fourth-order valence-corrected chi connectivity index (χ4v) is 2.93. The van der Waals surface area contributed by atoms with Gasteiger partial charge in [-0.25, -0.2) is 0 Å². The van der Waals surface area contributed by atoms with E-state index in [4.69, 9.17) is 11.6 Å². The Morgan fingerprint density at radius 2 is 2.10 bits per heavy atom. The van der Waals surface area contributed by atoms with Crippen LogP contribution < -0.4 is 5.32 Å². The highest BCUT2D eigenvalue weighted by Gasteiger charge is 2.19. The molecule has 1 aliphatic heterocycles. The number of nitrogens with one attached hydrogen (secondary N) is 1. The number of benzene rings is 1. The van der Waals surface area contributed by atoms with Crippen LogP contribution in [0.25, 0.3) is 0 Å². The number of hydrogen-bond donors (Lipinski definition) is 1. The van der Waals surface area contributed by atoms with Crippen molar-refractivity contribution in [2.45, 2.75) is 19.8 Å². The van der Waals surface area contributed by atoms with Crippen LogP contribution in [0, 0.1) is 0 Å². The molecule has 1 N–H and O–H groups in total. The van der Waals surface area contributed by atoms with E-state index < -0.39 is 0 Å². The van der Waals surface area contributed by atoms with Gasteiger partial charge in [-0.15, -0.1) is 0 Å². The van der Waals surface area contributed by atoms with Gasteiger partial charge < -0.3 is 15.1 Å². The first-order chi connectivity index (χ1) is 10.2. The molecule has 1 heterocycles. The Hall–Kier alpha value is -1.26. The third kappa shape index (κ3) is 4.11. The standard InChI is InChI=1S/C16H24ClN3O/c1-3-20(11-10-19-8-4-5-9-19)16(21)14-12-13(17)6-7-15(14)18-2/h6-7,12,18H,3-5,8-11H2,1-2H3. The number of halogens is 1.